The molecule has 0 saturated heterocycles. The van der Waals surface area contributed by atoms with E-state index in [0.29, 0.717) is 5.56 Å². The summed E-state index contributed by atoms with van der Waals surface area (Å²) in [7, 11) is -3.61. The lowest BCUT2D eigenvalue weighted by atomic mass is 10.2. The third-order valence-corrected chi connectivity index (χ3v) is 4.94. The average Bonchev–Trinajstić information content (AvgIpc) is 2.66. The van der Waals surface area contributed by atoms with E-state index in [1.807, 2.05) is 6.07 Å². The summed E-state index contributed by atoms with van der Waals surface area (Å²) >= 11 is 0. The summed E-state index contributed by atoms with van der Waals surface area (Å²) in [5.41, 5.74) is 0.550. The summed E-state index contributed by atoms with van der Waals surface area (Å²) < 4.78 is 26.4. The molecule has 2 aromatic carbocycles. The van der Waals surface area contributed by atoms with Crippen molar-refractivity contribution in [2.24, 2.45) is 0 Å². The molecule has 0 fully saturated rings. The maximum atomic E-state index is 12.0. The van der Waals surface area contributed by atoms with Gasteiger partial charge in [0.15, 0.2) is 0 Å². The van der Waals surface area contributed by atoms with E-state index in [0.717, 1.165) is 0 Å². The minimum atomic E-state index is -3.61. The first-order valence-corrected chi connectivity index (χ1v) is 9.62. The SMILES string of the molecule is O=C(CCNS(=O)(=O)c1ccccc1)NCCNC(=O)c1ccccc1. The minimum Gasteiger partial charge on any atom is -0.354 e. The van der Waals surface area contributed by atoms with Crippen molar-refractivity contribution in [3.8, 4) is 0 Å². The van der Waals surface area contributed by atoms with Crippen molar-refractivity contribution in [2.75, 3.05) is 19.6 Å². The fourth-order valence-electron chi connectivity index (χ4n) is 2.14. The quantitative estimate of drug-likeness (QED) is 0.567. The Morgan fingerprint density at radius 2 is 1.35 bits per heavy atom. The van der Waals surface area contributed by atoms with Crippen LogP contribution < -0.4 is 15.4 Å². The lowest BCUT2D eigenvalue weighted by Crippen LogP contribution is -2.36. The Balaban J connectivity index is 1.63. The van der Waals surface area contributed by atoms with Gasteiger partial charge < -0.3 is 10.6 Å². The number of amides is 2. The molecule has 0 unspecified atom stereocenters. The molecule has 0 bridgehead atoms. The Bertz CT molecular complexity index is 824. The van der Waals surface area contributed by atoms with E-state index in [-0.39, 0.29) is 42.8 Å². The smallest absolute Gasteiger partial charge is 0.251 e. The van der Waals surface area contributed by atoms with Gasteiger partial charge in [0.05, 0.1) is 4.90 Å². The van der Waals surface area contributed by atoms with Gasteiger partial charge in [-0.05, 0) is 24.3 Å². The minimum absolute atomic E-state index is 0.000560. The van der Waals surface area contributed by atoms with E-state index in [4.69, 9.17) is 0 Å². The zero-order valence-corrected chi connectivity index (χ0v) is 15.0. The summed E-state index contributed by atoms with van der Waals surface area (Å²) in [4.78, 5) is 23.7. The Hall–Kier alpha value is -2.71. The van der Waals surface area contributed by atoms with Crippen LogP contribution in [0.5, 0.6) is 0 Å². The second-order valence-electron chi connectivity index (χ2n) is 5.43. The summed E-state index contributed by atoms with van der Waals surface area (Å²) in [5.74, 6) is -0.509. The first kappa shape index (κ1) is 19.6. The first-order chi connectivity index (χ1) is 12.5. The molecular weight excluding hydrogens is 354 g/mol. The number of hydrogen-bond acceptors (Lipinski definition) is 4. The highest BCUT2D eigenvalue weighted by atomic mass is 32.2. The van der Waals surface area contributed by atoms with E-state index in [9.17, 15) is 18.0 Å². The van der Waals surface area contributed by atoms with Gasteiger partial charge in [0.25, 0.3) is 5.91 Å². The molecule has 0 aromatic heterocycles. The number of carbonyl (C=O) groups excluding carboxylic acids is 2. The number of rotatable bonds is 9. The number of nitrogens with one attached hydrogen (secondary N) is 3. The Kier molecular flexibility index (Phi) is 7.31. The monoisotopic (exact) mass is 375 g/mol. The maximum Gasteiger partial charge on any atom is 0.251 e. The van der Waals surface area contributed by atoms with Crippen LogP contribution in [0.25, 0.3) is 0 Å². The second kappa shape index (κ2) is 9.69. The Morgan fingerprint density at radius 3 is 2.00 bits per heavy atom. The molecular formula is C18H21N3O4S. The van der Waals surface area contributed by atoms with Gasteiger partial charge in [-0.1, -0.05) is 36.4 Å². The molecule has 26 heavy (non-hydrogen) atoms. The zero-order chi connectivity index (χ0) is 18.8. The molecule has 0 aliphatic carbocycles. The van der Waals surface area contributed by atoms with Crippen LogP contribution in [0.1, 0.15) is 16.8 Å². The molecule has 2 rings (SSSR count). The van der Waals surface area contributed by atoms with Crippen LogP contribution in [0.3, 0.4) is 0 Å². The van der Waals surface area contributed by atoms with E-state index in [1.54, 1.807) is 42.5 Å². The van der Waals surface area contributed by atoms with Crippen LogP contribution in [-0.2, 0) is 14.8 Å². The third kappa shape index (κ3) is 6.30. The molecule has 0 radical (unpaired) electrons. The van der Waals surface area contributed by atoms with Crippen molar-refractivity contribution in [3.63, 3.8) is 0 Å². The molecule has 7 nitrogen and oxygen atoms in total. The molecule has 2 amide bonds. The van der Waals surface area contributed by atoms with Gasteiger partial charge >= 0.3 is 0 Å². The van der Waals surface area contributed by atoms with Crippen molar-refractivity contribution < 1.29 is 18.0 Å². The van der Waals surface area contributed by atoms with Crippen molar-refractivity contribution in [3.05, 3.63) is 66.2 Å². The average molecular weight is 375 g/mol. The molecule has 0 heterocycles. The van der Waals surface area contributed by atoms with E-state index < -0.39 is 10.0 Å². The summed E-state index contributed by atoms with van der Waals surface area (Å²) in [6.07, 6.45) is 0.0126. The van der Waals surface area contributed by atoms with Gasteiger partial charge in [0, 0.05) is 31.6 Å². The summed E-state index contributed by atoms with van der Waals surface area (Å²) in [5, 5.41) is 5.32. The van der Waals surface area contributed by atoms with Crippen molar-refractivity contribution in [1.29, 1.82) is 0 Å². The predicted molar refractivity (Wildman–Crippen MR) is 98.0 cm³/mol. The van der Waals surface area contributed by atoms with Crippen molar-refractivity contribution in [1.82, 2.24) is 15.4 Å². The van der Waals surface area contributed by atoms with Crippen LogP contribution in [-0.4, -0.2) is 39.9 Å². The van der Waals surface area contributed by atoms with Crippen LogP contribution in [0.2, 0.25) is 0 Å². The zero-order valence-electron chi connectivity index (χ0n) is 14.1. The van der Waals surface area contributed by atoms with Gasteiger partial charge in [-0.2, -0.15) is 0 Å². The fraction of sp³-hybridized carbons (Fsp3) is 0.222. The number of hydrogen-bond donors (Lipinski definition) is 3. The van der Waals surface area contributed by atoms with Crippen LogP contribution in [0.15, 0.2) is 65.6 Å². The normalized spacial score (nSPS) is 10.9. The van der Waals surface area contributed by atoms with Gasteiger partial charge in [-0.15, -0.1) is 0 Å². The molecule has 2 aromatic rings. The van der Waals surface area contributed by atoms with E-state index in [1.165, 1.54) is 12.1 Å². The molecule has 138 valence electrons. The van der Waals surface area contributed by atoms with Crippen molar-refractivity contribution >= 4 is 21.8 Å². The summed E-state index contributed by atoms with van der Waals surface area (Å²) in [6.45, 7) is 0.553. The molecule has 8 heteroatoms. The van der Waals surface area contributed by atoms with E-state index in [2.05, 4.69) is 15.4 Å². The van der Waals surface area contributed by atoms with E-state index >= 15 is 0 Å². The van der Waals surface area contributed by atoms with Crippen LogP contribution >= 0.6 is 0 Å². The lowest BCUT2D eigenvalue weighted by Gasteiger charge is -2.08. The van der Waals surface area contributed by atoms with Crippen LogP contribution in [0, 0.1) is 0 Å². The first-order valence-electron chi connectivity index (χ1n) is 8.14. The largest absolute Gasteiger partial charge is 0.354 e. The lowest BCUT2D eigenvalue weighted by molar-refractivity contribution is -0.120. The van der Waals surface area contributed by atoms with Gasteiger partial charge in [-0.3, -0.25) is 9.59 Å². The van der Waals surface area contributed by atoms with Gasteiger partial charge in [0.2, 0.25) is 15.9 Å². The standard InChI is InChI=1S/C18H21N3O4S/c22-17(11-12-21-26(24,25)16-9-5-2-6-10-16)19-13-14-20-18(23)15-7-3-1-4-8-15/h1-10,21H,11-14H2,(H,19,22)(H,20,23). The number of sulfonamides is 1. The second-order valence-corrected chi connectivity index (χ2v) is 7.20. The third-order valence-electron chi connectivity index (χ3n) is 3.47. The molecule has 0 saturated carbocycles. The van der Waals surface area contributed by atoms with Gasteiger partial charge in [0.1, 0.15) is 0 Å². The predicted octanol–water partition coefficient (Wildman–Crippen LogP) is 0.901. The Labute approximate surface area is 152 Å². The Morgan fingerprint density at radius 1 is 0.769 bits per heavy atom. The highest BCUT2D eigenvalue weighted by Crippen LogP contribution is 2.06. The summed E-state index contributed by atoms with van der Waals surface area (Å²) in [6, 6.07) is 16.7. The topological polar surface area (TPSA) is 104 Å². The number of carbonyl (C=O) groups is 2. The van der Waals surface area contributed by atoms with Crippen molar-refractivity contribution in [2.45, 2.75) is 11.3 Å². The molecule has 0 aliphatic heterocycles. The van der Waals surface area contributed by atoms with Crippen LogP contribution in [0.4, 0.5) is 0 Å². The van der Waals surface area contributed by atoms with Gasteiger partial charge in [-0.25, -0.2) is 13.1 Å². The highest BCUT2D eigenvalue weighted by molar-refractivity contribution is 7.89. The molecule has 0 atom stereocenters. The molecule has 0 aliphatic rings. The maximum absolute atomic E-state index is 12.0. The highest BCUT2D eigenvalue weighted by Gasteiger charge is 2.13. The fourth-order valence-corrected chi connectivity index (χ4v) is 3.19. The number of benzene rings is 2. The molecule has 0 spiro atoms. The molecule has 3 N–H and O–H groups in total.